The van der Waals surface area contributed by atoms with Crippen LogP contribution in [0, 0.1) is 0 Å². The molecule has 0 bridgehead atoms. The molecule has 3 nitrogen and oxygen atoms in total. The van der Waals surface area contributed by atoms with Gasteiger partial charge >= 0.3 is 0 Å². The SMILES string of the molecule is COc1ccccc1CN(C)c1cccc(SC)c1CN. The van der Waals surface area contributed by atoms with Gasteiger partial charge < -0.3 is 15.4 Å². The van der Waals surface area contributed by atoms with Crippen LogP contribution < -0.4 is 15.4 Å². The van der Waals surface area contributed by atoms with Crippen LogP contribution in [0.15, 0.2) is 47.4 Å². The van der Waals surface area contributed by atoms with Crippen molar-refractivity contribution < 1.29 is 4.74 Å². The van der Waals surface area contributed by atoms with Crippen molar-refractivity contribution in [1.82, 2.24) is 0 Å². The molecular formula is C17H22N2OS. The van der Waals surface area contributed by atoms with E-state index in [1.165, 1.54) is 21.7 Å². The number of para-hydroxylation sites is 1. The molecule has 4 heteroatoms. The lowest BCUT2D eigenvalue weighted by Gasteiger charge is -2.24. The molecule has 0 unspecified atom stereocenters. The fourth-order valence-electron chi connectivity index (χ4n) is 2.48. The van der Waals surface area contributed by atoms with Gasteiger partial charge in [-0.3, -0.25) is 0 Å². The predicted molar refractivity (Wildman–Crippen MR) is 91.2 cm³/mol. The van der Waals surface area contributed by atoms with E-state index in [1.54, 1.807) is 18.9 Å². The van der Waals surface area contributed by atoms with Gasteiger partial charge in [0.05, 0.1) is 7.11 Å². The molecule has 21 heavy (non-hydrogen) atoms. The fraction of sp³-hybridized carbons (Fsp3) is 0.294. The molecule has 0 atom stereocenters. The quantitative estimate of drug-likeness (QED) is 0.829. The third-order valence-corrected chi connectivity index (χ3v) is 4.37. The van der Waals surface area contributed by atoms with Gasteiger partial charge in [-0.05, 0) is 24.5 Å². The van der Waals surface area contributed by atoms with E-state index in [2.05, 4.69) is 42.5 Å². The van der Waals surface area contributed by atoms with Crippen molar-refractivity contribution in [2.45, 2.75) is 18.0 Å². The van der Waals surface area contributed by atoms with Crippen molar-refractivity contribution in [2.75, 3.05) is 25.3 Å². The van der Waals surface area contributed by atoms with Crippen LogP contribution in [0.4, 0.5) is 5.69 Å². The van der Waals surface area contributed by atoms with E-state index in [0.29, 0.717) is 6.54 Å². The summed E-state index contributed by atoms with van der Waals surface area (Å²) in [7, 11) is 3.80. The summed E-state index contributed by atoms with van der Waals surface area (Å²) in [6.07, 6.45) is 2.08. The van der Waals surface area contributed by atoms with Gasteiger partial charge in [0.2, 0.25) is 0 Å². The third kappa shape index (κ3) is 3.52. The van der Waals surface area contributed by atoms with E-state index in [0.717, 1.165) is 12.3 Å². The number of hydrogen-bond donors (Lipinski definition) is 1. The molecule has 0 amide bonds. The van der Waals surface area contributed by atoms with E-state index in [9.17, 15) is 0 Å². The Morgan fingerprint density at radius 1 is 1.14 bits per heavy atom. The second-order valence-electron chi connectivity index (χ2n) is 4.83. The van der Waals surface area contributed by atoms with Gasteiger partial charge in [0, 0.05) is 41.8 Å². The Balaban J connectivity index is 2.30. The number of nitrogens with zero attached hydrogens (tertiary/aromatic N) is 1. The van der Waals surface area contributed by atoms with Crippen molar-refractivity contribution in [3.8, 4) is 5.75 Å². The number of rotatable bonds is 6. The molecule has 0 heterocycles. The number of ether oxygens (including phenoxy) is 1. The summed E-state index contributed by atoms with van der Waals surface area (Å²) in [6.45, 7) is 1.33. The van der Waals surface area contributed by atoms with Crippen molar-refractivity contribution in [2.24, 2.45) is 5.73 Å². The number of anilines is 1. The summed E-state index contributed by atoms with van der Waals surface area (Å²) in [6, 6.07) is 14.4. The number of benzene rings is 2. The van der Waals surface area contributed by atoms with Crippen LogP contribution in [-0.4, -0.2) is 20.4 Å². The Labute approximate surface area is 131 Å². The second kappa shape index (κ2) is 7.38. The maximum absolute atomic E-state index is 5.95. The summed E-state index contributed by atoms with van der Waals surface area (Å²) < 4.78 is 5.43. The Kier molecular flexibility index (Phi) is 5.53. The molecule has 0 radical (unpaired) electrons. The van der Waals surface area contributed by atoms with Crippen LogP contribution in [0.2, 0.25) is 0 Å². The standard InChI is InChI=1S/C17H22N2OS/c1-19(12-13-7-4-5-9-16(13)20-2)15-8-6-10-17(21-3)14(15)11-18/h4-10H,11-12,18H2,1-3H3. The highest BCUT2D eigenvalue weighted by Gasteiger charge is 2.12. The molecule has 0 aromatic heterocycles. The minimum Gasteiger partial charge on any atom is -0.496 e. The fourth-order valence-corrected chi connectivity index (χ4v) is 3.13. The van der Waals surface area contributed by atoms with Gasteiger partial charge in [0.1, 0.15) is 5.75 Å². The number of nitrogens with two attached hydrogens (primary N) is 1. The molecule has 0 saturated carbocycles. The van der Waals surface area contributed by atoms with Crippen LogP contribution in [0.3, 0.4) is 0 Å². The van der Waals surface area contributed by atoms with E-state index in [4.69, 9.17) is 10.5 Å². The van der Waals surface area contributed by atoms with Gasteiger partial charge in [0.15, 0.2) is 0 Å². The summed E-state index contributed by atoms with van der Waals surface area (Å²) in [4.78, 5) is 3.46. The summed E-state index contributed by atoms with van der Waals surface area (Å²) in [5, 5.41) is 0. The molecule has 0 aliphatic rings. The maximum Gasteiger partial charge on any atom is 0.123 e. The molecule has 2 N–H and O–H groups in total. The maximum atomic E-state index is 5.95. The van der Waals surface area contributed by atoms with Gasteiger partial charge in [-0.15, -0.1) is 11.8 Å². The Hall–Kier alpha value is -1.65. The van der Waals surface area contributed by atoms with Crippen LogP contribution in [0.5, 0.6) is 5.75 Å². The molecule has 0 fully saturated rings. The first kappa shape index (κ1) is 15.7. The lowest BCUT2D eigenvalue weighted by molar-refractivity contribution is 0.409. The minimum absolute atomic E-state index is 0.544. The largest absolute Gasteiger partial charge is 0.496 e. The molecule has 0 spiro atoms. The zero-order chi connectivity index (χ0) is 15.2. The Morgan fingerprint density at radius 2 is 1.90 bits per heavy atom. The molecule has 0 saturated heterocycles. The van der Waals surface area contributed by atoms with Crippen LogP contribution in [0.1, 0.15) is 11.1 Å². The molecule has 0 aliphatic carbocycles. The van der Waals surface area contributed by atoms with E-state index in [1.807, 2.05) is 18.2 Å². The van der Waals surface area contributed by atoms with E-state index in [-0.39, 0.29) is 0 Å². The van der Waals surface area contributed by atoms with Crippen molar-refractivity contribution >= 4 is 17.4 Å². The van der Waals surface area contributed by atoms with Crippen molar-refractivity contribution in [1.29, 1.82) is 0 Å². The summed E-state index contributed by atoms with van der Waals surface area (Å²) in [5.74, 6) is 0.916. The van der Waals surface area contributed by atoms with Gasteiger partial charge in [-0.1, -0.05) is 24.3 Å². The molecule has 112 valence electrons. The first-order valence-corrected chi connectivity index (χ1v) is 8.12. The minimum atomic E-state index is 0.544. The summed E-state index contributed by atoms with van der Waals surface area (Å²) in [5.41, 5.74) is 9.49. The summed E-state index contributed by atoms with van der Waals surface area (Å²) >= 11 is 1.73. The van der Waals surface area contributed by atoms with Crippen LogP contribution in [0.25, 0.3) is 0 Å². The highest BCUT2D eigenvalue weighted by Crippen LogP contribution is 2.30. The van der Waals surface area contributed by atoms with Gasteiger partial charge in [-0.2, -0.15) is 0 Å². The number of methoxy groups -OCH3 is 1. The highest BCUT2D eigenvalue weighted by molar-refractivity contribution is 7.98. The molecule has 2 aromatic carbocycles. The average Bonchev–Trinajstić information content (AvgIpc) is 2.54. The second-order valence-corrected chi connectivity index (χ2v) is 5.68. The van der Waals surface area contributed by atoms with Crippen molar-refractivity contribution in [3.05, 3.63) is 53.6 Å². The van der Waals surface area contributed by atoms with Gasteiger partial charge in [0.25, 0.3) is 0 Å². The lowest BCUT2D eigenvalue weighted by atomic mass is 10.1. The molecular weight excluding hydrogens is 280 g/mol. The predicted octanol–water partition coefficient (Wildman–Crippen LogP) is 3.51. The molecule has 2 rings (SSSR count). The third-order valence-electron chi connectivity index (χ3n) is 3.54. The van der Waals surface area contributed by atoms with E-state index < -0.39 is 0 Å². The smallest absolute Gasteiger partial charge is 0.123 e. The molecule has 0 aliphatic heterocycles. The molecule has 2 aromatic rings. The Bertz CT molecular complexity index is 601. The first-order chi connectivity index (χ1) is 10.2. The normalized spacial score (nSPS) is 10.5. The van der Waals surface area contributed by atoms with Crippen LogP contribution in [-0.2, 0) is 13.1 Å². The Morgan fingerprint density at radius 3 is 2.57 bits per heavy atom. The first-order valence-electron chi connectivity index (χ1n) is 6.90. The van der Waals surface area contributed by atoms with Crippen LogP contribution >= 0.6 is 11.8 Å². The highest BCUT2D eigenvalue weighted by atomic mass is 32.2. The monoisotopic (exact) mass is 302 g/mol. The zero-order valence-electron chi connectivity index (χ0n) is 12.8. The topological polar surface area (TPSA) is 38.5 Å². The lowest BCUT2D eigenvalue weighted by Crippen LogP contribution is -2.19. The van der Waals surface area contributed by atoms with Crippen molar-refractivity contribution in [3.63, 3.8) is 0 Å². The average molecular weight is 302 g/mol. The number of thioether (sulfide) groups is 1. The number of hydrogen-bond acceptors (Lipinski definition) is 4. The van der Waals surface area contributed by atoms with E-state index >= 15 is 0 Å². The zero-order valence-corrected chi connectivity index (χ0v) is 13.6. The van der Waals surface area contributed by atoms with Gasteiger partial charge in [-0.25, -0.2) is 0 Å².